The maximum Gasteiger partial charge on any atom is 0.238 e. The lowest BCUT2D eigenvalue weighted by molar-refractivity contribution is 0.952. The maximum atomic E-state index is 5.54. The fourth-order valence-electron chi connectivity index (χ4n) is 10.0. The zero-order valence-corrected chi connectivity index (χ0v) is 36.9. The van der Waals surface area contributed by atoms with Gasteiger partial charge in [0.15, 0.2) is 11.6 Å². The normalized spacial score (nSPS) is 11.5. The predicted molar refractivity (Wildman–Crippen MR) is 281 cm³/mol. The first-order valence-corrected chi connectivity index (χ1v) is 23.0. The average Bonchev–Trinajstić information content (AvgIpc) is 3.93. The lowest BCUT2D eigenvalue weighted by Gasteiger charge is -2.17. The summed E-state index contributed by atoms with van der Waals surface area (Å²) in [5.74, 6) is 1.70. The molecule has 0 amide bonds. The Balaban J connectivity index is 1.11. The highest BCUT2D eigenvalue weighted by atomic mass is 15.2. The molecule has 68 heavy (non-hydrogen) atoms. The molecule has 13 rings (SSSR count). The average molecular weight is 868 g/mol. The van der Waals surface area contributed by atoms with E-state index in [9.17, 15) is 0 Å². The van der Waals surface area contributed by atoms with Crippen molar-refractivity contribution in [1.82, 2.24) is 24.1 Å². The second-order valence-corrected chi connectivity index (χ2v) is 17.2. The van der Waals surface area contributed by atoms with Crippen molar-refractivity contribution < 1.29 is 0 Å². The van der Waals surface area contributed by atoms with E-state index in [0.717, 1.165) is 94.2 Å². The molecule has 5 heteroatoms. The lowest BCUT2D eigenvalue weighted by atomic mass is 9.94. The van der Waals surface area contributed by atoms with E-state index in [4.69, 9.17) is 15.0 Å². The van der Waals surface area contributed by atoms with Gasteiger partial charge < -0.3 is 4.57 Å². The quantitative estimate of drug-likeness (QED) is 0.153. The van der Waals surface area contributed by atoms with Crippen molar-refractivity contribution in [2.24, 2.45) is 0 Å². The van der Waals surface area contributed by atoms with Gasteiger partial charge in [-0.05, 0) is 93.0 Å². The van der Waals surface area contributed by atoms with Crippen molar-refractivity contribution in [3.05, 3.63) is 249 Å². The minimum atomic E-state index is 0.545. The summed E-state index contributed by atoms with van der Waals surface area (Å²) in [5, 5.41) is 4.61. The number of nitrogens with zero attached hydrogens (tertiary/aromatic N) is 5. The summed E-state index contributed by atoms with van der Waals surface area (Å²) >= 11 is 0. The highest BCUT2D eigenvalue weighted by molar-refractivity contribution is 6.12. The molecule has 0 unspecified atom stereocenters. The molecule has 3 aromatic heterocycles. The predicted octanol–water partition coefficient (Wildman–Crippen LogP) is 16.1. The molecule has 0 aliphatic heterocycles. The van der Waals surface area contributed by atoms with Gasteiger partial charge in [-0.1, -0.05) is 200 Å². The Bertz CT molecular complexity index is 3860. The van der Waals surface area contributed by atoms with E-state index in [1.54, 1.807) is 0 Å². The standard InChI is InChI=1S/C63H41N5/c1-5-19-42(20-6-1)46-35-38-53(55(39-46)45-25-11-4-12-26-45)61-64-62(66-63(65-61)68-56-30-16-13-27-49(56)50-28-14-17-31-57(50)68)54-29-15-18-32-58(54)67-59-40-47(43-21-7-2-8-22-43)33-36-51(59)52-37-34-48(41-60(52)67)44-23-9-3-10-24-44/h1-41H. The van der Waals surface area contributed by atoms with Crippen LogP contribution in [-0.4, -0.2) is 24.1 Å². The first-order valence-electron chi connectivity index (χ1n) is 23.0. The molecule has 0 saturated carbocycles. The Morgan fingerprint density at radius 2 is 0.647 bits per heavy atom. The SMILES string of the molecule is c1ccc(-c2ccc(-c3nc(-c4ccccc4-n4c5cc(-c6ccccc6)ccc5c5ccc(-c6ccccc6)cc54)nc(-n4c5ccccc5c5ccccc54)n3)c(-c3ccccc3)c2)cc1. The van der Waals surface area contributed by atoms with Gasteiger partial charge >= 0.3 is 0 Å². The van der Waals surface area contributed by atoms with Gasteiger partial charge in [0, 0.05) is 32.7 Å². The minimum absolute atomic E-state index is 0.545. The Hall–Kier alpha value is -9.19. The maximum absolute atomic E-state index is 5.54. The third-order valence-electron chi connectivity index (χ3n) is 13.2. The van der Waals surface area contributed by atoms with Crippen LogP contribution in [0.5, 0.6) is 0 Å². The van der Waals surface area contributed by atoms with Crippen molar-refractivity contribution in [1.29, 1.82) is 0 Å². The van der Waals surface area contributed by atoms with Gasteiger partial charge in [-0.25, -0.2) is 4.98 Å². The molecule has 318 valence electrons. The van der Waals surface area contributed by atoms with Crippen LogP contribution in [0.4, 0.5) is 0 Å². The molecule has 0 spiro atoms. The summed E-state index contributed by atoms with van der Waals surface area (Å²) in [7, 11) is 0. The molecule has 0 aliphatic rings. The molecular formula is C63H41N5. The molecule has 0 aliphatic carbocycles. The van der Waals surface area contributed by atoms with Gasteiger partial charge in [-0.2, -0.15) is 9.97 Å². The van der Waals surface area contributed by atoms with E-state index in [-0.39, 0.29) is 0 Å². The van der Waals surface area contributed by atoms with Crippen LogP contribution in [0.25, 0.3) is 123 Å². The molecular weight excluding hydrogens is 827 g/mol. The first-order chi connectivity index (χ1) is 33.7. The zero-order valence-electron chi connectivity index (χ0n) is 36.9. The highest BCUT2D eigenvalue weighted by Gasteiger charge is 2.23. The minimum Gasteiger partial charge on any atom is -0.308 e. The second kappa shape index (κ2) is 16.4. The fourth-order valence-corrected chi connectivity index (χ4v) is 10.0. The number of para-hydroxylation sites is 3. The van der Waals surface area contributed by atoms with Crippen LogP contribution in [-0.2, 0) is 0 Å². The first kappa shape index (κ1) is 39.2. The van der Waals surface area contributed by atoms with E-state index in [0.29, 0.717) is 17.6 Å². The number of rotatable bonds is 8. The summed E-state index contributed by atoms with van der Waals surface area (Å²) < 4.78 is 4.60. The van der Waals surface area contributed by atoms with Gasteiger partial charge in [-0.3, -0.25) is 4.57 Å². The summed E-state index contributed by atoms with van der Waals surface area (Å²) in [4.78, 5) is 16.5. The van der Waals surface area contributed by atoms with Crippen molar-refractivity contribution in [3.8, 4) is 78.9 Å². The Morgan fingerprint density at radius 1 is 0.235 bits per heavy atom. The number of aromatic nitrogens is 5. The number of hydrogen-bond donors (Lipinski definition) is 0. The van der Waals surface area contributed by atoms with E-state index in [1.807, 2.05) is 0 Å². The van der Waals surface area contributed by atoms with Gasteiger partial charge in [-0.15, -0.1) is 0 Å². The molecule has 3 heterocycles. The van der Waals surface area contributed by atoms with E-state index in [2.05, 4.69) is 258 Å². The van der Waals surface area contributed by atoms with Crippen LogP contribution >= 0.6 is 0 Å². The topological polar surface area (TPSA) is 48.5 Å². The number of benzene rings is 10. The molecule has 5 nitrogen and oxygen atoms in total. The monoisotopic (exact) mass is 867 g/mol. The lowest BCUT2D eigenvalue weighted by Crippen LogP contribution is -2.08. The Labute approximate surface area is 393 Å². The summed E-state index contributed by atoms with van der Waals surface area (Å²) in [6.45, 7) is 0. The van der Waals surface area contributed by atoms with E-state index < -0.39 is 0 Å². The fraction of sp³-hybridized carbons (Fsp3) is 0. The summed E-state index contributed by atoms with van der Waals surface area (Å²) in [6.07, 6.45) is 0. The van der Waals surface area contributed by atoms with Gasteiger partial charge in [0.05, 0.1) is 27.8 Å². The van der Waals surface area contributed by atoms with Crippen molar-refractivity contribution >= 4 is 43.6 Å². The Kier molecular flexibility index (Phi) is 9.43. The van der Waals surface area contributed by atoms with Crippen molar-refractivity contribution in [3.63, 3.8) is 0 Å². The van der Waals surface area contributed by atoms with Crippen LogP contribution in [0.1, 0.15) is 0 Å². The van der Waals surface area contributed by atoms with Crippen LogP contribution in [0.3, 0.4) is 0 Å². The summed E-state index contributed by atoms with van der Waals surface area (Å²) in [6, 6.07) is 88.2. The van der Waals surface area contributed by atoms with Crippen molar-refractivity contribution in [2.75, 3.05) is 0 Å². The third kappa shape index (κ3) is 6.68. The number of fused-ring (bicyclic) bond motifs is 6. The largest absolute Gasteiger partial charge is 0.308 e. The van der Waals surface area contributed by atoms with E-state index >= 15 is 0 Å². The Morgan fingerprint density at radius 3 is 1.19 bits per heavy atom. The van der Waals surface area contributed by atoms with Gasteiger partial charge in [0.1, 0.15) is 0 Å². The molecule has 0 saturated heterocycles. The van der Waals surface area contributed by atoms with Gasteiger partial charge in [0.25, 0.3) is 0 Å². The van der Waals surface area contributed by atoms with Crippen LogP contribution in [0.15, 0.2) is 249 Å². The third-order valence-corrected chi connectivity index (χ3v) is 13.2. The van der Waals surface area contributed by atoms with Crippen LogP contribution in [0.2, 0.25) is 0 Å². The summed E-state index contributed by atoms with van der Waals surface area (Å²) in [5.41, 5.74) is 16.0. The molecule has 13 aromatic rings. The number of hydrogen-bond acceptors (Lipinski definition) is 3. The molecule has 0 bridgehead atoms. The van der Waals surface area contributed by atoms with Gasteiger partial charge in [0.2, 0.25) is 5.95 Å². The van der Waals surface area contributed by atoms with Crippen LogP contribution in [0, 0.1) is 0 Å². The molecule has 0 N–H and O–H groups in total. The molecule has 0 radical (unpaired) electrons. The zero-order chi connectivity index (χ0) is 45.0. The highest BCUT2D eigenvalue weighted by Crippen LogP contribution is 2.41. The molecule has 10 aromatic carbocycles. The van der Waals surface area contributed by atoms with E-state index in [1.165, 1.54) is 10.8 Å². The smallest absolute Gasteiger partial charge is 0.238 e. The van der Waals surface area contributed by atoms with Crippen LogP contribution < -0.4 is 0 Å². The molecule has 0 fully saturated rings. The second-order valence-electron chi connectivity index (χ2n) is 17.2. The van der Waals surface area contributed by atoms with Crippen molar-refractivity contribution in [2.45, 2.75) is 0 Å². The molecule has 0 atom stereocenters.